The normalized spacial score (nSPS) is 12.5. The van der Waals surface area contributed by atoms with Gasteiger partial charge in [-0.15, -0.1) is 0 Å². The molecule has 0 aromatic heterocycles. The van der Waals surface area contributed by atoms with Gasteiger partial charge in [0.2, 0.25) is 5.83 Å². The van der Waals surface area contributed by atoms with Crippen LogP contribution in [0.15, 0.2) is 60.4 Å². The molecule has 4 heteroatoms. The summed E-state index contributed by atoms with van der Waals surface area (Å²) in [5.74, 6) is -2.10. The lowest BCUT2D eigenvalue weighted by Crippen LogP contribution is -2.07. The molecule has 0 N–H and O–H groups in total. The Hall–Kier alpha value is -2.10. The van der Waals surface area contributed by atoms with Gasteiger partial charge in [0, 0.05) is 0 Å². The summed E-state index contributed by atoms with van der Waals surface area (Å²) in [5, 5.41) is 0. The van der Waals surface area contributed by atoms with E-state index in [-0.39, 0.29) is 5.56 Å². The molecule has 0 saturated carbocycles. The summed E-state index contributed by atoms with van der Waals surface area (Å²) >= 11 is 0. The molecule has 0 unspecified atom stereocenters. The van der Waals surface area contributed by atoms with Crippen LogP contribution in [0.25, 0.3) is 17.2 Å². The molecule has 0 aliphatic rings. The summed E-state index contributed by atoms with van der Waals surface area (Å²) in [7, 11) is 0. The summed E-state index contributed by atoms with van der Waals surface area (Å²) in [4.78, 5) is 0. The minimum atomic E-state index is -4.95. The maximum absolute atomic E-state index is 13.0. The molecule has 0 spiro atoms. The minimum Gasteiger partial charge on any atom is -0.202 e. The van der Waals surface area contributed by atoms with Gasteiger partial charge in [0.05, 0.1) is 0 Å². The summed E-state index contributed by atoms with van der Waals surface area (Å²) in [6.07, 6.45) is -4.44. The maximum Gasteiger partial charge on any atom is 0.442 e. The molecule has 2 aromatic rings. The van der Waals surface area contributed by atoms with Crippen LogP contribution in [0.2, 0.25) is 0 Å². The highest BCUT2D eigenvalue weighted by Crippen LogP contribution is 2.31. The van der Waals surface area contributed by atoms with Crippen molar-refractivity contribution in [2.45, 2.75) is 6.18 Å². The minimum absolute atomic E-state index is 0.198. The van der Waals surface area contributed by atoms with Gasteiger partial charge in [0.25, 0.3) is 0 Å². The Morgan fingerprint density at radius 1 is 0.842 bits per heavy atom. The second-order valence-corrected chi connectivity index (χ2v) is 3.94. The fourth-order valence-corrected chi connectivity index (χ4v) is 1.72. The van der Waals surface area contributed by atoms with Crippen molar-refractivity contribution in [1.82, 2.24) is 0 Å². The van der Waals surface area contributed by atoms with Crippen molar-refractivity contribution in [3.8, 4) is 11.1 Å². The number of alkyl halides is 3. The molecule has 0 heterocycles. The van der Waals surface area contributed by atoms with Crippen LogP contribution in [-0.4, -0.2) is 6.18 Å². The molecule has 0 amide bonds. The topological polar surface area (TPSA) is 0 Å². The zero-order valence-electron chi connectivity index (χ0n) is 9.79. The van der Waals surface area contributed by atoms with Crippen LogP contribution in [0.3, 0.4) is 0 Å². The molecular weight excluding hydrogens is 256 g/mol. The van der Waals surface area contributed by atoms with Crippen molar-refractivity contribution in [1.29, 1.82) is 0 Å². The molecule has 0 aliphatic carbocycles. The summed E-state index contributed by atoms with van der Waals surface area (Å²) < 4.78 is 49.7. The first-order valence-electron chi connectivity index (χ1n) is 5.57. The fourth-order valence-electron chi connectivity index (χ4n) is 1.72. The number of allylic oxidation sites excluding steroid dienone is 1. The number of hydrogen-bond donors (Lipinski definition) is 0. The zero-order chi connectivity index (χ0) is 13.9. The lowest BCUT2D eigenvalue weighted by atomic mass is 9.99. The van der Waals surface area contributed by atoms with Gasteiger partial charge in [0.1, 0.15) is 0 Å². The van der Waals surface area contributed by atoms with Crippen molar-refractivity contribution >= 4 is 6.08 Å². The van der Waals surface area contributed by atoms with E-state index in [9.17, 15) is 17.6 Å². The quantitative estimate of drug-likeness (QED) is 0.653. The van der Waals surface area contributed by atoms with E-state index >= 15 is 0 Å². The molecule has 0 bridgehead atoms. The Morgan fingerprint density at radius 2 is 1.42 bits per heavy atom. The molecule has 2 aromatic carbocycles. The first-order valence-corrected chi connectivity index (χ1v) is 5.57. The Bertz CT molecular complexity index is 583. The van der Waals surface area contributed by atoms with Crippen LogP contribution in [-0.2, 0) is 0 Å². The third-order valence-corrected chi connectivity index (χ3v) is 2.60. The van der Waals surface area contributed by atoms with E-state index in [0.29, 0.717) is 11.6 Å². The average Bonchev–Trinajstić information content (AvgIpc) is 2.39. The van der Waals surface area contributed by atoms with E-state index in [0.717, 1.165) is 5.56 Å². The van der Waals surface area contributed by atoms with Crippen LogP contribution in [0.5, 0.6) is 0 Å². The Labute approximate surface area is 108 Å². The number of halogens is 4. The van der Waals surface area contributed by atoms with Gasteiger partial charge >= 0.3 is 6.18 Å². The largest absolute Gasteiger partial charge is 0.442 e. The molecule has 19 heavy (non-hydrogen) atoms. The lowest BCUT2D eigenvalue weighted by Gasteiger charge is -2.08. The highest BCUT2D eigenvalue weighted by Gasteiger charge is 2.34. The third kappa shape index (κ3) is 3.22. The summed E-state index contributed by atoms with van der Waals surface area (Å²) in [6, 6.07) is 15.3. The number of hydrogen-bond acceptors (Lipinski definition) is 0. The molecular formula is C15H10F4. The summed E-state index contributed by atoms with van der Waals surface area (Å²) in [5.41, 5.74) is 1.50. The van der Waals surface area contributed by atoms with Gasteiger partial charge < -0.3 is 0 Å². The van der Waals surface area contributed by atoms with E-state index in [1.807, 2.05) is 0 Å². The Morgan fingerprint density at radius 3 is 2.05 bits per heavy atom. The van der Waals surface area contributed by atoms with E-state index in [1.54, 1.807) is 48.5 Å². The monoisotopic (exact) mass is 266 g/mol. The molecule has 0 radical (unpaired) electrons. The molecule has 0 nitrogen and oxygen atoms in total. The van der Waals surface area contributed by atoms with Gasteiger partial charge in [-0.2, -0.15) is 13.2 Å². The second kappa shape index (κ2) is 5.26. The van der Waals surface area contributed by atoms with Crippen LogP contribution in [0, 0.1) is 0 Å². The van der Waals surface area contributed by atoms with Crippen molar-refractivity contribution < 1.29 is 17.6 Å². The molecule has 2 rings (SSSR count). The number of rotatable bonds is 2. The Kier molecular flexibility index (Phi) is 3.69. The maximum atomic E-state index is 13.0. The van der Waals surface area contributed by atoms with Gasteiger partial charge in [-0.1, -0.05) is 54.6 Å². The van der Waals surface area contributed by atoms with Crippen molar-refractivity contribution in [3.63, 3.8) is 0 Å². The molecule has 98 valence electrons. The third-order valence-electron chi connectivity index (χ3n) is 2.60. The second-order valence-electron chi connectivity index (χ2n) is 3.94. The smallest absolute Gasteiger partial charge is 0.202 e. The van der Waals surface area contributed by atoms with E-state index in [1.165, 1.54) is 6.07 Å². The molecule has 0 atom stereocenters. The van der Waals surface area contributed by atoms with Crippen molar-refractivity contribution in [2.75, 3.05) is 0 Å². The van der Waals surface area contributed by atoms with Crippen molar-refractivity contribution in [2.24, 2.45) is 0 Å². The first-order chi connectivity index (χ1) is 8.98. The Balaban J connectivity index is 2.49. The standard InChI is InChI=1S/C15H10F4/c16-14(15(17,18)19)10-12-8-4-5-9-13(12)11-6-2-1-3-7-11/h1-10H. The van der Waals surface area contributed by atoms with Crippen molar-refractivity contribution in [3.05, 3.63) is 66.0 Å². The van der Waals surface area contributed by atoms with Gasteiger partial charge in [0.15, 0.2) is 0 Å². The predicted octanol–water partition coefficient (Wildman–Crippen LogP) is 5.23. The van der Waals surface area contributed by atoms with Gasteiger partial charge in [-0.05, 0) is 22.8 Å². The number of benzene rings is 2. The van der Waals surface area contributed by atoms with Crippen LogP contribution in [0.1, 0.15) is 5.56 Å². The lowest BCUT2D eigenvalue weighted by molar-refractivity contribution is -0.107. The zero-order valence-corrected chi connectivity index (χ0v) is 9.79. The van der Waals surface area contributed by atoms with Gasteiger partial charge in [-0.3, -0.25) is 0 Å². The average molecular weight is 266 g/mol. The van der Waals surface area contributed by atoms with Crippen LogP contribution >= 0.6 is 0 Å². The van der Waals surface area contributed by atoms with E-state index < -0.39 is 12.0 Å². The van der Waals surface area contributed by atoms with Crippen LogP contribution < -0.4 is 0 Å². The van der Waals surface area contributed by atoms with E-state index in [2.05, 4.69) is 0 Å². The molecule has 0 aliphatic heterocycles. The van der Waals surface area contributed by atoms with Crippen LogP contribution in [0.4, 0.5) is 17.6 Å². The highest BCUT2D eigenvalue weighted by molar-refractivity contribution is 5.75. The SMILES string of the molecule is FC(=Cc1ccccc1-c1ccccc1)C(F)(F)F. The fraction of sp³-hybridized carbons (Fsp3) is 0.0667. The summed E-state index contributed by atoms with van der Waals surface area (Å²) in [6.45, 7) is 0. The van der Waals surface area contributed by atoms with E-state index in [4.69, 9.17) is 0 Å². The predicted molar refractivity (Wildman–Crippen MR) is 67.0 cm³/mol. The highest BCUT2D eigenvalue weighted by atomic mass is 19.4. The molecule has 0 fully saturated rings. The van der Waals surface area contributed by atoms with Gasteiger partial charge in [-0.25, -0.2) is 4.39 Å². The molecule has 0 saturated heterocycles. The first kappa shape index (κ1) is 13.3.